The molecule has 0 atom stereocenters. The van der Waals surface area contributed by atoms with Crippen LogP contribution >= 0.6 is 0 Å². The lowest BCUT2D eigenvalue weighted by Crippen LogP contribution is -2.18. The lowest BCUT2D eigenvalue weighted by Gasteiger charge is -2.12. The second kappa shape index (κ2) is 10.4. The minimum Gasteiger partial charge on any atom is -0.462 e. The molecule has 0 radical (unpaired) electrons. The standard InChI is InChI=1S/C26H27NO3/c1-19(2)18-30-26(29)23-10-6-7-11-24(23)27-25(28)17-22-14-12-21(13-15-22)16-20-8-4-3-5-9-20/h3-15,19H,16-18H2,1-2H3,(H,27,28). The molecule has 4 nitrogen and oxygen atoms in total. The third-order valence-electron chi connectivity index (χ3n) is 4.61. The molecular weight excluding hydrogens is 374 g/mol. The van der Waals surface area contributed by atoms with E-state index in [2.05, 4.69) is 17.4 Å². The zero-order valence-electron chi connectivity index (χ0n) is 17.4. The summed E-state index contributed by atoms with van der Waals surface area (Å²) in [5.74, 6) is -0.347. The highest BCUT2D eigenvalue weighted by Gasteiger charge is 2.15. The van der Waals surface area contributed by atoms with Crippen LogP contribution in [0.2, 0.25) is 0 Å². The predicted molar refractivity (Wildman–Crippen MR) is 120 cm³/mol. The monoisotopic (exact) mass is 401 g/mol. The number of ether oxygens (including phenoxy) is 1. The molecule has 30 heavy (non-hydrogen) atoms. The molecule has 0 bridgehead atoms. The first-order chi connectivity index (χ1) is 14.5. The first-order valence-electron chi connectivity index (χ1n) is 10.2. The number of hydrogen-bond acceptors (Lipinski definition) is 3. The summed E-state index contributed by atoms with van der Waals surface area (Å²) in [4.78, 5) is 24.9. The Hall–Kier alpha value is -3.40. The summed E-state index contributed by atoms with van der Waals surface area (Å²) in [6.07, 6.45) is 1.10. The van der Waals surface area contributed by atoms with Gasteiger partial charge >= 0.3 is 5.97 Å². The first-order valence-corrected chi connectivity index (χ1v) is 10.2. The Kier molecular flexibility index (Phi) is 7.39. The number of carbonyl (C=O) groups excluding carboxylic acids is 2. The molecular formula is C26H27NO3. The minimum atomic E-state index is -0.426. The van der Waals surface area contributed by atoms with E-state index in [9.17, 15) is 9.59 Å². The highest BCUT2D eigenvalue weighted by Crippen LogP contribution is 2.18. The second-order valence-electron chi connectivity index (χ2n) is 7.74. The van der Waals surface area contributed by atoms with Crippen LogP contribution in [0.1, 0.15) is 40.9 Å². The fourth-order valence-corrected chi connectivity index (χ4v) is 3.08. The molecule has 0 spiro atoms. The van der Waals surface area contributed by atoms with Gasteiger partial charge < -0.3 is 10.1 Å². The van der Waals surface area contributed by atoms with Gasteiger partial charge in [-0.3, -0.25) is 4.79 Å². The summed E-state index contributed by atoms with van der Waals surface area (Å²) >= 11 is 0. The molecule has 0 aliphatic rings. The summed E-state index contributed by atoms with van der Waals surface area (Å²) in [5, 5.41) is 2.84. The van der Waals surface area contributed by atoms with E-state index in [1.54, 1.807) is 24.3 Å². The van der Waals surface area contributed by atoms with Gasteiger partial charge in [-0.15, -0.1) is 0 Å². The van der Waals surface area contributed by atoms with Crippen molar-refractivity contribution >= 4 is 17.6 Å². The van der Waals surface area contributed by atoms with Gasteiger partial charge in [0.05, 0.1) is 24.3 Å². The van der Waals surface area contributed by atoms with E-state index < -0.39 is 5.97 Å². The van der Waals surface area contributed by atoms with Crippen LogP contribution in [-0.4, -0.2) is 18.5 Å². The first kappa shape index (κ1) is 21.3. The van der Waals surface area contributed by atoms with Crippen LogP contribution in [0.25, 0.3) is 0 Å². The smallest absolute Gasteiger partial charge is 0.340 e. The lowest BCUT2D eigenvalue weighted by molar-refractivity contribution is -0.115. The Labute approximate surface area is 177 Å². The van der Waals surface area contributed by atoms with E-state index in [4.69, 9.17) is 4.74 Å². The molecule has 0 saturated heterocycles. The number of carbonyl (C=O) groups is 2. The average Bonchev–Trinajstić information content (AvgIpc) is 2.74. The van der Waals surface area contributed by atoms with Gasteiger partial charge in [-0.05, 0) is 41.2 Å². The number of esters is 1. The van der Waals surface area contributed by atoms with Crippen LogP contribution < -0.4 is 5.32 Å². The molecule has 0 unspecified atom stereocenters. The van der Waals surface area contributed by atoms with Crippen molar-refractivity contribution in [2.45, 2.75) is 26.7 Å². The number of nitrogens with one attached hydrogen (secondary N) is 1. The summed E-state index contributed by atoms with van der Waals surface area (Å²) in [6, 6.07) is 25.2. The van der Waals surface area contributed by atoms with Gasteiger partial charge in [0.15, 0.2) is 0 Å². The van der Waals surface area contributed by atoms with Crippen molar-refractivity contribution in [3.63, 3.8) is 0 Å². The molecule has 3 aromatic rings. The van der Waals surface area contributed by atoms with E-state index in [0.29, 0.717) is 17.9 Å². The molecule has 0 fully saturated rings. The lowest BCUT2D eigenvalue weighted by atomic mass is 10.0. The molecule has 3 aromatic carbocycles. The Morgan fingerprint density at radius 1 is 0.800 bits per heavy atom. The molecule has 0 heterocycles. The molecule has 1 N–H and O–H groups in total. The van der Waals surface area contributed by atoms with Gasteiger partial charge in [0, 0.05) is 0 Å². The summed E-state index contributed by atoms with van der Waals surface area (Å²) < 4.78 is 5.30. The molecule has 0 aromatic heterocycles. The van der Waals surface area contributed by atoms with Gasteiger partial charge in [-0.1, -0.05) is 80.6 Å². The Balaban J connectivity index is 1.60. The number of benzene rings is 3. The third-order valence-corrected chi connectivity index (χ3v) is 4.61. The van der Waals surface area contributed by atoms with Crippen LogP contribution in [0, 0.1) is 5.92 Å². The number of rotatable bonds is 8. The maximum atomic E-state index is 12.5. The highest BCUT2D eigenvalue weighted by atomic mass is 16.5. The number of amides is 1. The van der Waals surface area contributed by atoms with Gasteiger partial charge in [0.2, 0.25) is 5.91 Å². The van der Waals surface area contributed by atoms with E-state index in [-0.39, 0.29) is 18.2 Å². The molecule has 0 saturated carbocycles. The van der Waals surface area contributed by atoms with Crippen molar-refractivity contribution < 1.29 is 14.3 Å². The molecule has 0 aliphatic carbocycles. The Morgan fingerprint density at radius 2 is 1.40 bits per heavy atom. The summed E-state index contributed by atoms with van der Waals surface area (Å²) in [6.45, 7) is 4.30. The zero-order chi connectivity index (χ0) is 21.3. The average molecular weight is 402 g/mol. The molecule has 3 rings (SSSR count). The number of hydrogen-bond donors (Lipinski definition) is 1. The second-order valence-corrected chi connectivity index (χ2v) is 7.74. The van der Waals surface area contributed by atoms with E-state index >= 15 is 0 Å². The van der Waals surface area contributed by atoms with Crippen molar-refractivity contribution in [2.24, 2.45) is 5.92 Å². The van der Waals surface area contributed by atoms with Crippen molar-refractivity contribution in [3.05, 3.63) is 101 Å². The Bertz CT molecular complexity index is 979. The van der Waals surface area contributed by atoms with Gasteiger partial charge in [0.1, 0.15) is 0 Å². The van der Waals surface area contributed by atoms with Crippen molar-refractivity contribution in [1.82, 2.24) is 0 Å². The number of para-hydroxylation sites is 1. The van der Waals surface area contributed by atoms with Crippen LogP contribution in [0.15, 0.2) is 78.9 Å². The molecule has 1 amide bonds. The van der Waals surface area contributed by atoms with Gasteiger partial charge in [-0.25, -0.2) is 4.79 Å². The van der Waals surface area contributed by atoms with Crippen LogP contribution in [0.5, 0.6) is 0 Å². The molecule has 154 valence electrons. The van der Waals surface area contributed by atoms with Crippen molar-refractivity contribution in [3.8, 4) is 0 Å². The molecule has 4 heteroatoms. The van der Waals surface area contributed by atoms with E-state index in [1.807, 2.05) is 56.3 Å². The van der Waals surface area contributed by atoms with E-state index in [1.165, 1.54) is 11.1 Å². The minimum absolute atomic E-state index is 0.171. The van der Waals surface area contributed by atoms with Crippen molar-refractivity contribution in [2.75, 3.05) is 11.9 Å². The zero-order valence-corrected chi connectivity index (χ0v) is 17.4. The number of anilines is 1. The van der Waals surface area contributed by atoms with E-state index in [0.717, 1.165) is 12.0 Å². The fourth-order valence-electron chi connectivity index (χ4n) is 3.08. The van der Waals surface area contributed by atoms with Crippen LogP contribution in [0.3, 0.4) is 0 Å². The van der Waals surface area contributed by atoms with Gasteiger partial charge in [-0.2, -0.15) is 0 Å². The normalized spacial score (nSPS) is 10.6. The van der Waals surface area contributed by atoms with Crippen LogP contribution in [-0.2, 0) is 22.4 Å². The quantitative estimate of drug-likeness (QED) is 0.523. The third kappa shape index (κ3) is 6.31. The maximum absolute atomic E-state index is 12.5. The predicted octanol–water partition coefficient (Wildman–Crippen LogP) is 5.27. The topological polar surface area (TPSA) is 55.4 Å². The largest absolute Gasteiger partial charge is 0.462 e. The highest BCUT2D eigenvalue weighted by molar-refractivity contribution is 6.01. The SMILES string of the molecule is CC(C)COC(=O)c1ccccc1NC(=O)Cc1ccc(Cc2ccccc2)cc1. The summed E-state index contributed by atoms with van der Waals surface area (Å²) in [5.41, 5.74) is 4.21. The van der Waals surface area contributed by atoms with Gasteiger partial charge in [0.25, 0.3) is 0 Å². The summed E-state index contributed by atoms with van der Waals surface area (Å²) in [7, 11) is 0. The van der Waals surface area contributed by atoms with Crippen molar-refractivity contribution in [1.29, 1.82) is 0 Å². The maximum Gasteiger partial charge on any atom is 0.340 e. The Morgan fingerprint density at radius 3 is 2.10 bits per heavy atom. The molecule has 0 aliphatic heterocycles. The fraction of sp³-hybridized carbons (Fsp3) is 0.231. The van der Waals surface area contributed by atoms with Crippen LogP contribution in [0.4, 0.5) is 5.69 Å².